The quantitative estimate of drug-likeness (QED) is 0.658. The highest BCUT2D eigenvalue weighted by Crippen LogP contribution is 2.28. The number of carbonyl (C=O) groups excluding carboxylic acids is 1. The Labute approximate surface area is 111 Å². The summed E-state index contributed by atoms with van der Waals surface area (Å²) in [6.07, 6.45) is 8.22. The molecule has 0 spiro atoms. The van der Waals surface area contributed by atoms with Crippen LogP contribution in [0.25, 0.3) is 0 Å². The number of rotatable bonds is 5. The van der Waals surface area contributed by atoms with E-state index in [4.69, 9.17) is 0 Å². The maximum absolute atomic E-state index is 13.3. The number of nitrogens with one attached hydrogen (secondary N) is 1. The summed E-state index contributed by atoms with van der Waals surface area (Å²) in [5.41, 5.74) is -0.284. The van der Waals surface area contributed by atoms with Crippen molar-refractivity contribution in [2.75, 3.05) is 6.54 Å². The van der Waals surface area contributed by atoms with Gasteiger partial charge in [0.05, 0.1) is 5.56 Å². The van der Waals surface area contributed by atoms with Gasteiger partial charge in [0.25, 0.3) is 5.91 Å². The van der Waals surface area contributed by atoms with Crippen molar-refractivity contribution in [1.29, 1.82) is 0 Å². The molecule has 0 bridgehead atoms. The fourth-order valence-electron chi connectivity index (χ4n) is 2.58. The van der Waals surface area contributed by atoms with Crippen LogP contribution in [-0.2, 0) is 0 Å². The number of pyridine rings is 1. The van der Waals surface area contributed by atoms with Crippen LogP contribution in [0.15, 0.2) is 12.3 Å². The zero-order valence-electron chi connectivity index (χ0n) is 10.8. The third-order valence-corrected chi connectivity index (χ3v) is 3.64. The first-order chi connectivity index (χ1) is 9.18. The molecule has 0 saturated heterocycles. The van der Waals surface area contributed by atoms with Crippen LogP contribution in [0.2, 0.25) is 0 Å². The number of nitrogens with zero attached hydrogens (tertiary/aromatic N) is 1. The molecule has 1 aromatic heterocycles. The summed E-state index contributed by atoms with van der Waals surface area (Å²) in [4.78, 5) is 14.8. The smallest absolute Gasteiger partial charge is 0.254 e. The molecule has 5 heteroatoms. The lowest BCUT2D eigenvalue weighted by Crippen LogP contribution is -2.26. The van der Waals surface area contributed by atoms with Crippen LogP contribution in [0.3, 0.4) is 0 Å². The first-order valence-corrected chi connectivity index (χ1v) is 6.76. The van der Waals surface area contributed by atoms with E-state index in [-0.39, 0.29) is 5.56 Å². The molecule has 0 unspecified atom stereocenters. The SMILES string of the molecule is O=C(NCCCC1CCCC1)c1ccnc(F)c1F. The van der Waals surface area contributed by atoms with Gasteiger partial charge in [0, 0.05) is 12.7 Å². The molecule has 1 fully saturated rings. The number of halogens is 2. The minimum absolute atomic E-state index is 0.284. The van der Waals surface area contributed by atoms with Crippen LogP contribution in [0, 0.1) is 17.7 Å². The number of aromatic nitrogens is 1. The van der Waals surface area contributed by atoms with Crippen LogP contribution in [0.1, 0.15) is 48.9 Å². The van der Waals surface area contributed by atoms with Gasteiger partial charge in [0.15, 0.2) is 5.82 Å². The van der Waals surface area contributed by atoms with Crippen LogP contribution in [0.5, 0.6) is 0 Å². The van der Waals surface area contributed by atoms with E-state index in [1.54, 1.807) is 0 Å². The lowest BCUT2D eigenvalue weighted by Gasteiger charge is -2.09. The summed E-state index contributed by atoms with van der Waals surface area (Å²) in [5.74, 6) is -2.23. The van der Waals surface area contributed by atoms with Gasteiger partial charge in [-0.3, -0.25) is 4.79 Å². The minimum atomic E-state index is -1.24. The second kappa shape index (κ2) is 6.59. The Hall–Kier alpha value is -1.52. The predicted molar refractivity (Wildman–Crippen MR) is 67.7 cm³/mol. The number of hydrogen-bond acceptors (Lipinski definition) is 2. The first kappa shape index (κ1) is 13.9. The molecular formula is C14H18F2N2O. The average molecular weight is 268 g/mol. The standard InChI is InChI=1S/C14H18F2N2O/c15-12-11(7-9-17-13(12)16)14(19)18-8-3-6-10-4-1-2-5-10/h7,9-10H,1-6,8H2,(H,18,19). The lowest BCUT2D eigenvalue weighted by molar-refractivity contribution is 0.0947. The monoisotopic (exact) mass is 268 g/mol. The van der Waals surface area contributed by atoms with Gasteiger partial charge < -0.3 is 5.32 Å². The predicted octanol–water partition coefficient (Wildman–Crippen LogP) is 3.06. The van der Waals surface area contributed by atoms with Crippen molar-refractivity contribution in [2.24, 2.45) is 5.92 Å². The van der Waals surface area contributed by atoms with Crippen molar-refractivity contribution in [3.05, 3.63) is 29.6 Å². The number of amides is 1. The Kier molecular flexibility index (Phi) is 4.82. The summed E-state index contributed by atoms with van der Waals surface area (Å²) in [7, 11) is 0. The van der Waals surface area contributed by atoms with Gasteiger partial charge in [0.2, 0.25) is 5.95 Å². The largest absolute Gasteiger partial charge is 0.352 e. The van der Waals surface area contributed by atoms with Crippen molar-refractivity contribution < 1.29 is 13.6 Å². The van der Waals surface area contributed by atoms with Gasteiger partial charge in [0.1, 0.15) is 0 Å². The third-order valence-electron chi connectivity index (χ3n) is 3.64. The van der Waals surface area contributed by atoms with Crippen molar-refractivity contribution in [3.63, 3.8) is 0 Å². The van der Waals surface area contributed by atoms with Gasteiger partial charge in [-0.25, -0.2) is 9.37 Å². The Balaban J connectivity index is 1.76. The van der Waals surface area contributed by atoms with Gasteiger partial charge in [-0.05, 0) is 24.8 Å². The molecule has 1 amide bonds. The topological polar surface area (TPSA) is 42.0 Å². The normalized spacial score (nSPS) is 15.7. The highest BCUT2D eigenvalue weighted by molar-refractivity contribution is 5.94. The fraction of sp³-hybridized carbons (Fsp3) is 0.571. The Morgan fingerprint density at radius 1 is 1.37 bits per heavy atom. The maximum Gasteiger partial charge on any atom is 0.254 e. The zero-order chi connectivity index (χ0) is 13.7. The van der Waals surface area contributed by atoms with Crippen LogP contribution < -0.4 is 5.32 Å². The van der Waals surface area contributed by atoms with Crippen LogP contribution in [0.4, 0.5) is 8.78 Å². The molecule has 0 aliphatic heterocycles. The molecule has 1 aliphatic carbocycles. The molecule has 0 atom stereocenters. The Morgan fingerprint density at radius 2 is 2.11 bits per heavy atom. The van der Waals surface area contributed by atoms with E-state index >= 15 is 0 Å². The molecule has 1 heterocycles. The summed E-state index contributed by atoms with van der Waals surface area (Å²) < 4.78 is 26.2. The molecule has 0 radical (unpaired) electrons. The minimum Gasteiger partial charge on any atom is -0.352 e. The molecule has 1 N–H and O–H groups in total. The molecule has 19 heavy (non-hydrogen) atoms. The molecule has 0 aromatic carbocycles. The molecular weight excluding hydrogens is 250 g/mol. The van der Waals surface area contributed by atoms with E-state index < -0.39 is 17.7 Å². The second-order valence-electron chi connectivity index (χ2n) is 5.01. The van der Waals surface area contributed by atoms with E-state index in [1.807, 2.05) is 0 Å². The molecule has 1 aromatic rings. The number of carbonyl (C=O) groups is 1. The zero-order valence-corrected chi connectivity index (χ0v) is 10.8. The van der Waals surface area contributed by atoms with Gasteiger partial charge in [-0.1, -0.05) is 25.7 Å². The third kappa shape index (κ3) is 3.72. The van der Waals surface area contributed by atoms with E-state index in [0.717, 1.165) is 25.0 Å². The van der Waals surface area contributed by atoms with E-state index in [1.165, 1.54) is 31.7 Å². The first-order valence-electron chi connectivity index (χ1n) is 6.76. The summed E-state index contributed by atoms with van der Waals surface area (Å²) >= 11 is 0. The maximum atomic E-state index is 13.3. The van der Waals surface area contributed by atoms with E-state index in [9.17, 15) is 13.6 Å². The second-order valence-corrected chi connectivity index (χ2v) is 5.01. The van der Waals surface area contributed by atoms with E-state index in [2.05, 4.69) is 10.3 Å². The van der Waals surface area contributed by atoms with Crippen molar-refractivity contribution in [1.82, 2.24) is 10.3 Å². The Bertz CT molecular complexity index is 445. The van der Waals surface area contributed by atoms with Gasteiger partial charge in [-0.15, -0.1) is 0 Å². The molecule has 2 rings (SSSR count). The van der Waals surface area contributed by atoms with Crippen molar-refractivity contribution in [3.8, 4) is 0 Å². The Morgan fingerprint density at radius 3 is 2.84 bits per heavy atom. The fourth-order valence-corrected chi connectivity index (χ4v) is 2.58. The van der Waals surface area contributed by atoms with Crippen molar-refractivity contribution >= 4 is 5.91 Å². The van der Waals surface area contributed by atoms with Crippen LogP contribution >= 0.6 is 0 Å². The summed E-state index contributed by atoms with van der Waals surface area (Å²) in [6, 6.07) is 1.19. The van der Waals surface area contributed by atoms with Crippen molar-refractivity contribution in [2.45, 2.75) is 38.5 Å². The van der Waals surface area contributed by atoms with Gasteiger partial charge >= 0.3 is 0 Å². The lowest BCUT2D eigenvalue weighted by atomic mass is 10.0. The highest BCUT2D eigenvalue weighted by Gasteiger charge is 2.17. The van der Waals surface area contributed by atoms with Crippen LogP contribution in [-0.4, -0.2) is 17.4 Å². The molecule has 1 aliphatic rings. The van der Waals surface area contributed by atoms with Gasteiger partial charge in [-0.2, -0.15) is 4.39 Å². The number of hydrogen-bond donors (Lipinski definition) is 1. The van der Waals surface area contributed by atoms with E-state index in [0.29, 0.717) is 6.54 Å². The molecule has 1 saturated carbocycles. The summed E-state index contributed by atoms with van der Waals surface area (Å²) in [6.45, 7) is 0.499. The molecule has 104 valence electrons. The molecule has 3 nitrogen and oxygen atoms in total. The average Bonchev–Trinajstić information content (AvgIpc) is 2.91. The summed E-state index contributed by atoms with van der Waals surface area (Å²) in [5, 5.41) is 2.62. The highest BCUT2D eigenvalue weighted by atomic mass is 19.2.